The normalized spacial score (nSPS) is 24.0. The minimum Gasteiger partial charge on any atom is -0.463 e. The number of H-pyrrole nitrogens is 1. The molecule has 218 valence electrons. The summed E-state index contributed by atoms with van der Waals surface area (Å²) in [4.78, 5) is 43.9. The van der Waals surface area contributed by atoms with Gasteiger partial charge in [-0.05, 0) is 70.9 Å². The average Bonchev–Trinajstić information content (AvgIpc) is 3.31. The number of rotatable bonds is 9. The Hall–Kier alpha value is -2.74. The van der Waals surface area contributed by atoms with E-state index in [1.165, 1.54) is 10.8 Å². The maximum Gasteiger partial charge on any atom is 0.330 e. The molecule has 0 saturated carbocycles. The molecule has 0 bridgehead atoms. The largest absolute Gasteiger partial charge is 0.463 e. The first-order chi connectivity index (χ1) is 19.0. The minimum atomic E-state index is -0.734. The van der Waals surface area contributed by atoms with E-state index in [1.54, 1.807) is 6.92 Å². The van der Waals surface area contributed by atoms with Crippen molar-refractivity contribution in [3.8, 4) is 0 Å². The molecular weight excluding hydrogens is 506 g/mol. The molecule has 1 unspecified atom stereocenters. The Kier molecular flexibility index (Phi) is 13.5. The first-order valence-electron chi connectivity index (χ1n) is 14.0. The van der Waals surface area contributed by atoms with Crippen LogP contribution in [-0.2, 0) is 14.3 Å². The smallest absolute Gasteiger partial charge is 0.330 e. The number of unbranched alkanes of at least 4 members (excludes halogenated alkanes) is 1. The Balaban J connectivity index is 1.40. The van der Waals surface area contributed by atoms with Crippen LogP contribution in [0.1, 0.15) is 50.3 Å². The van der Waals surface area contributed by atoms with E-state index in [0.29, 0.717) is 18.4 Å². The average molecular weight is 550 g/mol. The van der Waals surface area contributed by atoms with Gasteiger partial charge in [0.15, 0.2) is 0 Å². The summed E-state index contributed by atoms with van der Waals surface area (Å²) in [5, 5.41) is 14.2. The number of carbonyl (C=O) groups excluding carboxylic acids is 1. The van der Waals surface area contributed by atoms with Crippen LogP contribution in [0.4, 0.5) is 0 Å². The van der Waals surface area contributed by atoms with Crippen LogP contribution in [0.3, 0.4) is 0 Å². The number of esters is 1. The molecule has 3 atom stereocenters. The molecule has 0 radical (unpaired) electrons. The van der Waals surface area contributed by atoms with Gasteiger partial charge < -0.3 is 30.3 Å². The maximum atomic E-state index is 12.4. The molecule has 14 nitrogen and oxygen atoms in total. The zero-order chi connectivity index (χ0) is 27.9. The van der Waals surface area contributed by atoms with E-state index in [1.807, 2.05) is 0 Å². The van der Waals surface area contributed by atoms with Gasteiger partial charge in [-0.15, -0.1) is 0 Å². The van der Waals surface area contributed by atoms with Gasteiger partial charge in [0, 0.05) is 55.7 Å². The highest BCUT2D eigenvalue weighted by atomic mass is 16.6. The van der Waals surface area contributed by atoms with E-state index in [-0.39, 0.29) is 19.0 Å². The summed E-state index contributed by atoms with van der Waals surface area (Å²) in [6.07, 6.45) is 4.33. The lowest BCUT2D eigenvalue weighted by Gasteiger charge is -2.23. The van der Waals surface area contributed by atoms with Gasteiger partial charge >= 0.3 is 11.7 Å². The number of hydrogen-bond acceptors (Lipinski definition) is 10. The van der Waals surface area contributed by atoms with Gasteiger partial charge in [0.2, 0.25) is 0 Å². The number of aromatic amines is 1. The van der Waals surface area contributed by atoms with Crippen molar-refractivity contribution in [1.29, 1.82) is 0 Å². The highest BCUT2D eigenvalue weighted by Gasteiger charge is 2.37. The molecule has 3 rings (SSSR count). The van der Waals surface area contributed by atoms with Crippen LogP contribution in [0.15, 0.2) is 20.9 Å². The summed E-state index contributed by atoms with van der Waals surface area (Å²) < 4.78 is 12.6. The van der Waals surface area contributed by atoms with Crippen molar-refractivity contribution in [3.63, 3.8) is 0 Å². The van der Waals surface area contributed by atoms with E-state index in [4.69, 9.17) is 15.0 Å². The minimum absolute atomic E-state index is 0.0730. The number of aromatic nitrogens is 2. The summed E-state index contributed by atoms with van der Waals surface area (Å²) in [5.41, 5.74) is 8.22. The lowest BCUT2D eigenvalue weighted by atomic mass is 10.1. The van der Waals surface area contributed by atoms with Crippen molar-refractivity contribution in [3.05, 3.63) is 43.0 Å². The van der Waals surface area contributed by atoms with Crippen LogP contribution in [0.2, 0.25) is 0 Å². The maximum absolute atomic E-state index is 12.4. The van der Waals surface area contributed by atoms with Crippen LogP contribution in [0, 0.1) is 6.92 Å². The van der Waals surface area contributed by atoms with Crippen molar-refractivity contribution in [1.82, 2.24) is 30.4 Å². The number of hydrogen-bond donors (Lipinski definition) is 4. The number of carbonyl (C=O) groups is 1. The summed E-state index contributed by atoms with van der Waals surface area (Å²) >= 11 is 0. The second kappa shape index (κ2) is 17.1. The van der Waals surface area contributed by atoms with Crippen molar-refractivity contribution in [2.75, 3.05) is 65.5 Å². The third-order valence-corrected chi connectivity index (χ3v) is 6.99. The van der Waals surface area contributed by atoms with E-state index < -0.39 is 29.6 Å². The molecule has 0 amide bonds. The molecule has 39 heavy (non-hydrogen) atoms. The fraction of sp³-hybridized carbons (Fsp3) is 0.800. The summed E-state index contributed by atoms with van der Waals surface area (Å²) in [6, 6.07) is -0.603. The van der Waals surface area contributed by atoms with Gasteiger partial charge in [0.1, 0.15) is 18.9 Å². The molecule has 0 aliphatic carbocycles. The summed E-state index contributed by atoms with van der Waals surface area (Å²) in [6.45, 7) is 10.4. The summed E-state index contributed by atoms with van der Waals surface area (Å²) in [5.74, 6) is -0.334. The van der Waals surface area contributed by atoms with Crippen molar-refractivity contribution < 1.29 is 14.3 Å². The zero-order valence-electron chi connectivity index (χ0n) is 22.9. The Bertz CT molecular complexity index is 1040. The molecule has 2 aliphatic heterocycles. The topological polar surface area (TPSA) is 178 Å². The van der Waals surface area contributed by atoms with Crippen LogP contribution >= 0.6 is 0 Å². The third kappa shape index (κ3) is 10.7. The predicted octanol–water partition coefficient (Wildman–Crippen LogP) is 0.390. The Labute approximate surface area is 228 Å². The molecule has 0 spiro atoms. The molecule has 14 heteroatoms. The molecule has 3 heterocycles. The van der Waals surface area contributed by atoms with Gasteiger partial charge in [-0.25, -0.2) is 4.79 Å². The van der Waals surface area contributed by atoms with Gasteiger partial charge in [-0.2, -0.15) is 0 Å². The molecule has 2 saturated heterocycles. The third-order valence-electron chi connectivity index (χ3n) is 6.99. The second-order valence-electron chi connectivity index (χ2n) is 10.1. The van der Waals surface area contributed by atoms with Crippen molar-refractivity contribution in [2.45, 2.75) is 63.8 Å². The second-order valence-corrected chi connectivity index (χ2v) is 10.1. The summed E-state index contributed by atoms with van der Waals surface area (Å²) in [7, 11) is 0. The quantitative estimate of drug-likeness (QED) is 0.111. The first kappa shape index (κ1) is 30.8. The fourth-order valence-electron chi connectivity index (χ4n) is 4.77. The number of ether oxygens (including phenoxy) is 2. The molecule has 2 fully saturated rings. The van der Waals surface area contributed by atoms with Crippen LogP contribution in [-0.4, -0.2) is 98.1 Å². The van der Waals surface area contributed by atoms with Crippen LogP contribution in [0.25, 0.3) is 10.4 Å². The number of azide groups is 1. The van der Waals surface area contributed by atoms with E-state index in [9.17, 15) is 14.4 Å². The van der Waals surface area contributed by atoms with E-state index in [0.717, 1.165) is 78.2 Å². The van der Waals surface area contributed by atoms with Crippen LogP contribution in [0.5, 0.6) is 0 Å². The molecule has 1 aromatic heterocycles. The highest BCUT2D eigenvalue weighted by molar-refractivity contribution is 5.69. The van der Waals surface area contributed by atoms with Crippen molar-refractivity contribution in [2.24, 2.45) is 5.11 Å². The molecule has 4 N–H and O–H groups in total. The predicted molar refractivity (Wildman–Crippen MR) is 147 cm³/mol. The van der Waals surface area contributed by atoms with E-state index >= 15 is 0 Å². The molecule has 1 aromatic rings. The Morgan fingerprint density at radius 3 is 2.62 bits per heavy atom. The van der Waals surface area contributed by atoms with Gasteiger partial charge in [0.05, 0.1) is 6.04 Å². The molecule has 2 aliphatic rings. The van der Waals surface area contributed by atoms with E-state index in [2.05, 4.69) is 35.9 Å². The molecular formula is C25H43N9O5. The number of nitrogens with zero attached hydrogens (tertiary/aromatic N) is 5. The van der Waals surface area contributed by atoms with Crippen LogP contribution < -0.4 is 27.2 Å². The highest BCUT2D eigenvalue weighted by Crippen LogP contribution is 2.30. The fourth-order valence-corrected chi connectivity index (χ4v) is 4.77. The first-order valence-corrected chi connectivity index (χ1v) is 14.0. The van der Waals surface area contributed by atoms with Gasteiger partial charge in [-0.1, -0.05) is 5.11 Å². The standard InChI is InChI=1S/C25H43N9O5/c1-19-17-34(25(37)30-24(19)36)22-16-20(31-32-26)21(39-22)18-38-23(35)6-2-3-13-33-14-5-9-28-11-10-27-7-4-8-29-12-15-33/h17,20-22,27-29H,2-16,18H2,1H3,(H,30,36,37)/t20?,21-,22-/m1/s1. The van der Waals surface area contributed by atoms with Crippen molar-refractivity contribution >= 4 is 5.97 Å². The lowest BCUT2D eigenvalue weighted by Crippen LogP contribution is -2.37. The Morgan fingerprint density at radius 2 is 1.85 bits per heavy atom. The van der Waals surface area contributed by atoms with Gasteiger partial charge in [-0.3, -0.25) is 19.1 Å². The van der Waals surface area contributed by atoms with Gasteiger partial charge in [0.25, 0.3) is 5.56 Å². The Morgan fingerprint density at radius 1 is 1.10 bits per heavy atom. The monoisotopic (exact) mass is 549 g/mol. The zero-order valence-corrected chi connectivity index (χ0v) is 22.9. The molecule has 0 aromatic carbocycles. The lowest BCUT2D eigenvalue weighted by molar-refractivity contribution is -0.148. The number of aryl methyl sites for hydroxylation is 1. The SMILES string of the molecule is Cc1cn([C@H]2CC(N=[N+]=[N-])[C@@H](COC(=O)CCCCN3CCCNCCNCCCNCC3)O2)c(=O)[nH]c1=O. The number of nitrogens with one attached hydrogen (secondary N) is 4.